The van der Waals surface area contributed by atoms with Crippen LogP contribution in [0.2, 0.25) is 0 Å². The van der Waals surface area contributed by atoms with E-state index in [4.69, 9.17) is 5.73 Å². The van der Waals surface area contributed by atoms with Crippen LogP contribution in [-0.4, -0.2) is 40.1 Å². The molecule has 0 aliphatic carbocycles. The Hall–Kier alpha value is -2.95. The van der Waals surface area contributed by atoms with Crippen LogP contribution >= 0.6 is 11.3 Å². The van der Waals surface area contributed by atoms with E-state index in [0.717, 1.165) is 11.1 Å². The highest BCUT2D eigenvalue weighted by Gasteiger charge is 2.19. The third-order valence-electron chi connectivity index (χ3n) is 4.41. The summed E-state index contributed by atoms with van der Waals surface area (Å²) in [7, 11) is 1.92. The van der Waals surface area contributed by atoms with Crippen LogP contribution in [0.25, 0.3) is 11.3 Å². The fraction of sp³-hybridized carbons (Fsp3) is 0.200. The number of aryl methyl sites for hydroxylation is 1. The molecule has 0 aliphatic rings. The Morgan fingerprint density at radius 3 is 2.57 bits per heavy atom. The average molecular weight is 444 g/mol. The Labute approximate surface area is 180 Å². The molecule has 3 rings (SSSR count). The second-order valence-electron chi connectivity index (χ2n) is 6.46. The van der Waals surface area contributed by atoms with Crippen molar-refractivity contribution in [3.8, 4) is 11.3 Å². The van der Waals surface area contributed by atoms with E-state index in [2.05, 4.69) is 14.7 Å². The molecule has 0 saturated carbocycles. The summed E-state index contributed by atoms with van der Waals surface area (Å²) in [5.74, 6) is -0.643. The van der Waals surface area contributed by atoms with Gasteiger partial charge in [0.25, 0.3) is 0 Å². The summed E-state index contributed by atoms with van der Waals surface area (Å²) in [5, 5.41) is 0.500. The van der Waals surface area contributed by atoms with E-state index in [1.54, 1.807) is 33.2 Å². The fourth-order valence-corrected chi connectivity index (χ4v) is 4.77. The minimum absolute atomic E-state index is 0.132. The van der Waals surface area contributed by atoms with Crippen molar-refractivity contribution in [2.24, 2.45) is 5.73 Å². The number of pyridine rings is 1. The van der Waals surface area contributed by atoms with Gasteiger partial charge in [0.1, 0.15) is 15.2 Å². The van der Waals surface area contributed by atoms with Gasteiger partial charge in [0, 0.05) is 24.4 Å². The molecule has 1 unspecified atom stereocenters. The number of nitrogens with one attached hydrogen (secondary N) is 1. The van der Waals surface area contributed by atoms with E-state index in [-0.39, 0.29) is 12.3 Å². The molecule has 0 aliphatic heterocycles. The van der Waals surface area contributed by atoms with E-state index in [1.165, 1.54) is 22.4 Å². The Morgan fingerprint density at radius 1 is 1.23 bits per heavy atom. The normalized spacial score (nSPS) is 11.8. The second kappa shape index (κ2) is 9.24. The van der Waals surface area contributed by atoms with Crippen molar-refractivity contribution in [3.05, 3.63) is 59.4 Å². The number of carbonyl (C=O) groups excluding carboxylic acids is 2. The topological polar surface area (TPSA) is 118 Å². The van der Waals surface area contributed by atoms with Crippen molar-refractivity contribution in [1.82, 2.24) is 14.7 Å². The number of primary amides is 1. The minimum atomic E-state index is -1.34. The molecule has 10 heteroatoms. The van der Waals surface area contributed by atoms with E-state index in [0.29, 0.717) is 26.3 Å². The maximum absolute atomic E-state index is 12.7. The molecular weight excluding hydrogens is 422 g/mol. The number of hydrogen-bond acceptors (Lipinski definition) is 6. The molecule has 0 saturated heterocycles. The molecule has 8 nitrogen and oxygen atoms in total. The summed E-state index contributed by atoms with van der Waals surface area (Å²) < 4.78 is 15.3. The molecule has 1 aromatic carbocycles. The van der Waals surface area contributed by atoms with Crippen molar-refractivity contribution in [2.45, 2.75) is 17.6 Å². The van der Waals surface area contributed by atoms with Crippen molar-refractivity contribution in [3.63, 3.8) is 0 Å². The predicted octanol–water partition coefficient (Wildman–Crippen LogP) is 2.06. The van der Waals surface area contributed by atoms with Gasteiger partial charge < -0.3 is 5.73 Å². The molecule has 0 fully saturated rings. The molecule has 0 bridgehead atoms. The largest absolute Gasteiger partial charge is 0.366 e. The summed E-state index contributed by atoms with van der Waals surface area (Å²) in [4.78, 5) is 34.1. The monoisotopic (exact) mass is 443 g/mol. The highest BCUT2D eigenvalue weighted by atomic mass is 32.2. The smallest absolute Gasteiger partial charge is 0.248 e. The van der Waals surface area contributed by atoms with E-state index < -0.39 is 16.9 Å². The number of nitrogens with zero attached hydrogens (tertiary/aromatic N) is 3. The molecule has 156 valence electrons. The first-order valence-electron chi connectivity index (χ1n) is 8.98. The van der Waals surface area contributed by atoms with Gasteiger partial charge in [0.05, 0.1) is 17.8 Å². The van der Waals surface area contributed by atoms with E-state index in [9.17, 15) is 13.8 Å². The zero-order valence-electron chi connectivity index (χ0n) is 16.7. The first-order valence-corrected chi connectivity index (χ1v) is 10.9. The molecule has 3 aromatic rings. The van der Waals surface area contributed by atoms with Gasteiger partial charge in [-0.25, -0.2) is 13.9 Å². The number of rotatable bonds is 7. The average Bonchev–Trinajstić information content (AvgIpc) is 3.14. The van der Waals surface area contributed by atoms with Gasteiger partial charge >= 0.3 is 0 Å². The lowest BCUT2D eigenvalue weighted by atomic mass is 10.0. The van der Waals surface area contributed by atoms with Gasteiger partial charge in [-0.2, -0.15) is 0 Å². The van der Waals surface area contributed by atoms with Crippen molar-refractivity contribution in [1.29, 1.82) is 0 Å². The van der Waals surface area contributed by atoms with Crippen LogP contribution < -0.4 is 15.4 Å². The highest BCUT2D eigenvalue weighted by molar-refractivity contribution is 7.85. The summed E-state index contributed by atoms with van der Waals surface area (Å²) >= 11 is 1.23. The Bertz CT molecular complexity index is 1110. The van der Waals surface area contributed by atoms with Gasteiger partial charge in [0.2, 0.25) is 11.8 Å². The standard InChI is InChI=1S/C20H21N5O3S2/c1-12-19(30(28)22-2)29-20(24-12)25(3)17(26)10-13-4-6-14(7-5-13)16-11-15(18(21)27)8-9-23-16/h4-9,11,22H,10H2,1-3H3,(H2,21,27). The molecule has 0 radical (unpaired) electrons. The minimum Gasteiger partial charge on any atom is -0.366 e. The second-order valence-corrected chi connectivity index (χ2v) is 9.05. The number of hydrogen-bond donors (Lipinski definition) is 2. The maximum Gasteiger partial charge on any atom is 0.248 e. The van der Waals surface area contributed by atoms with Crippen LogP contribution in [0.5, 0.6) is 0 Å². The molecular formula is C20H21N5O3S2. The third-order valence-corrected chi connectivity index (χ3v) is 7.14. The van der Waals surface area contributed by atoms with Crippen LogP contribution in [0.1, 0.15) is 21.6 Å². The lowest BCUT2D eigenvalue weighted by Gasteiger charge is -2.14. The van der Waals surface area contributed by atoms with Crippen LogP contribution in [0.4, 0.5) is 5.13 Å². The van der Waals surface area contributed by atoms with E-state index >= 15 is 0 Å². The number of amides is 2. The molecule has 1 atom stereocenters. The van der Waals surface area contributed by atoms with Crippen molar-refractivity contribution < 1.29 is 13.8 Å². The lowest BCUT2D eigenvalue weighted by Crippen LogP contribution is -2.27. The zero-order valence-corrected chi connectivity index (χ0v) is 18.3. The van der Waals surface area contributed by atoms with Gasteiger partial charge in [-0.1, -0.05) is 35.6 Å². The molecule has 2 heterocycles. The summed E-state index contributed by atoms with van der Waals surface area (Å²) in [5.41, 5.74) is 8.62. The molecule has 3 N–H and O–H groups in total. The SMILES string of the molecule is CNS(=O)c1sc(N(C)C(=O)Cc2ccc(-c3cc(C(N)=O)ccn3)cc2)nc1C. The first kappa shape index (κ1) is 21.8. The van der Waals surface area contributed by atoms with Crippen LogP contribution in [0.3, 0.4) is 0 Å². The Balaban J connectivity index is 1.72. The molecule has 2 amide bonds. The third kappa shape index (κ3) is 4.78. The number of anilines is 1. The summed E-state index contributed by atoms with van der Waals surface area (Å²) in [6.45, 7) is 1.77. The van der Waals surface area contributed by atoms with Gasteiger partial charge in [-0.15, -0.1) is 0 Å². The number of aromatic nitrogens is 2. The van der Waals surface area contributed by atoms with Gasteiger partial charge in [0.15, 0.2) is 5.13 Å². The number of thiazole rings is 1. The number of nitrogens with two attached hydrogens (primary N) is 1. The first-order chi connectivity index (χ1) is 14.3. The van der Waals surface area contributed by atoms with Crippen LogP contribution in [0.15, 0.2) is 46.8 Å². The number of carbonyl (C=O) groups is 2. The molecule has 0 spiro atoms. The zero-order chi connectivity index (χ0) is 21.8. The highest BCUT2D eigenvalue weighted by Crippen LogP contribution is 2.28. The van der Waals surface area contributed by atoms with Crippen molar-refractivity contribution >= 4 is 39.3 Å². The van der Waals surface area contributed by atoms with Crippen LogP contribution in [0, 0.1) is 6.92 Å². The Kier molecular flexibility index (Phi) is 6.70. The summed E-state index contributed by atoms with van der Waals surface area (Å²) in [6, 6.07) is 10.6. The Morgan fingerprint density at radius 2 is 1.93 bits per heavy atom. The van der Waals surface area contributed by atoms with Crippen molar-refractivity contribution in [2.75, 3.05) is 19.0 Å². The molecule has 30 heavy (non-hydrogen) atoms. The number of benzene rings is 1. The molecule has 2 aromatic heterocycles. The van der Waals surface area contributed by atoms with Gasteiger partial charge in [-0.05, 0) is 31.7 Å². The summed E-state index contributed by atoms with van der Waals surface area (Å²) in [6.07, 6.45) is 1.72. The maximum atomic E-state index is 12.7. The van der Waals surface area contributed by atoms with Gasteiger partial charge in [-0.3, -0.25) is 19.5 Å². The van der Waals surface area contributed by atoms with E-state index in [1.807, 2.05) is 24.3 Å². The lowest BCUT2D eigenvalue weighted by molar-refractivity contribution is -0.117. The number of likely N-dealkylation sites (N-methyl/N-ethyl adjacent to an activating group) is 1. The fourth-order valence-electron chi connectivity index (χ4n) is 2.71. The quantitative estimate of drug-likeness (QED) is 0.579. The predicted molar refractivity (Wildman–Crippen MR) is 118 cm³/mol. The van der Waals surface area contributed by atoms with Crippen LogP contribution in [-0.2, 0) is 22.2 Å².